The van der Waals surface area contributed by atoms with Gasteiger partial charge in [-0.15, -0.1) is 0 Å². The van der Waals surface area contributed by atoms with Gasteiger partial charge in [0.25, 0.3) is 0 Å². The largest absolute Gasteiger partial charge is 0.496 e. The first-order chi connectivity index (χ1) is 9.52. The topological polar surface area (TPSA) is 52.3 Å². The van der Waals surface area contributed by atoms with Crippen molar-refractivity contribution in [2.45, 2.75) is 24.5 Å². The summed E-state index contributed by atoms with van der Waals surface area (Å²) in [5, 5.41) is 0. The summed E-state index contributed by atoms with van der Waals surface area (Å²) in [4.78, 5) is 0.786. The predicted octanol–water partition coefficient (Wildman–Crippen LogP) is 3.20. The predicted molar refractivity (Wildman–Crippen MR) is 83.4 cm³/mol. The minimum atomic E-state index is -1.14. The molecular weight excluding hydrogens is 270 g/mol. The number of aryl methyl sites for hydroxylation is 1. The summed E-state index contributed by atoms with van der Waals surface area (Å²) in [7, 11) is 0.491. The molecule has 0 saturated heterocycles. The van der Waals surface area contributed by atoms with Crippen molar-refractivity contribution in [1.82, 2.24) is 0 Å². The molecule has 0 aromatic heterocycles. The number of hydrogen-bond acceptors (Lipinski definition) is 3. The molecule has 106 valence electrons. The fourth-order valence-electron chi connectivity index (χ4n) is 2.12. The zero-order valence-electron chi connectivity index (χ0n) is 12.0. The second-order valence-electron chi connectivity index (χ2n) is 4.78. The lowest BCUT2D eigenvalue weighted by Gasteiger charge is -2.11. The smallest absolute Gasteiger partial charge is 0.123 e. The van der Waals surface area contributed by atoms with Crippen LogP contribution in [0.5, 0.6) is 5.75 Å². The van der Waals surface area contributed by atoms with Crippen molar-refractivity contribution in [3.63, 3.8) is 0 Å². The van der Waals surface area contributed by atoms with Crippen molar-refractivity contribution in [2.75, 3.05) is 12.8 Å². The first-order valence-electron chi connectivity index (χ1n) is 6.40. The maximum atomic E-state index is 12.6. The molecule has 0 aliphatic carbocycles. The van der Waals surface area contributed by atoms with Gasteiger partial charge in [0.05, 0.1) is 23.7 Å². The van der Waals surface area contributed by atoms with E-state index in [0.717, 1.165) is 27.3 Å². The number of anilines is 1. The Morgan fingerprint density at radius 2 is 1.95 bits per heavy atom. The van der Waals surface area contributed by atoms with Crippen molar-refractivity contribution < 1.29 is 8.95 Å². The van der Waals surface area contributed by atoms with Crippen LogP contribution in [0.4, 0.5) is 5.69 Å². The van der Waals surface area contributed by atoms with Gasteiger partial charge in [-0.05, 0) is 37.6 Å². The molecule has 0 saturated carbocycles. The van der Waals surface area contributed by atoms with E-state index in [2.05, 4.69) is 0 Å². The van der Waals surface area contributed by atoms with Crippen LogP contribution in [0.2, 0.25) is 0 Å². The molecule has 2 aromatic rings. The molecule has 0 radical (unpaired) electrons. The summed E-state index contributed by atoms with van der Waals surface area (Å²) < 4.78 is 17.9. The monoisotopic (exact) mass is 289 g/mol. The Morgan fingerprint density at radius 1 is 1.20 bits per heavy atom. The molecule has 0 aliphatic rings. The number of methoxy groups -OCH3 is 1. The van der Waals surface area contributed by atoms with Gasteiger partial charge < -0.3 is 10.5 Å². The third kappa shape index (κ3) is 3.02. The van der Waals surface area contributed by atoms with Crippen molar-refractivity contribution in [2.24, 2.45) is 0 Å². The minimum Gasteiger partial charge on any atom is -0.496 e. The number of hydrogen-bond donors (Lipinski definition) is 1. The van der Waals surface area contributed by atoms with Crippen LogP contribution < -0.4 is 10.5 Å². The quantitative estimate of drug-likeness (QED) is 0.879. The van der Waals surface area contributed by atoms with E-state index < -0.39 is 10.8 Å². The number of ether oxygens (including phenoxy) is 1. The Morgan fingerprint density at radius 3 is 2.65 bits per heavy atom. The first kappa shape index (κ1) is 14.6. The molecular formula is C16H19NO2S. The molecule has 2 rings (SSSR count). The zero-order valence-corrected chi connectivity index (χ0v) is 12.8. The molecule has 0 heterocycles. The van der Waals surface area contributed by atoms with Crippen LogP contribution in [-0.2, 0) is 16.6 Å². The second-order valence-corrected chi connectivity index (χ2v) is 6.20. The number of nitrogen functional groups attached to an aromatic ring is 1. The molecule has 3 nitrogen and oxygen atoms in total. The maximum absolute atomic E-state index is 12.6. The van der Waals surface area contributed by atoms with Gasteiger partial charge in [0.2, 0.25) is 0 Å². The Hall–Kier alpha value is -1.81. The van der Waals surface area contributed by atoms with Crippen LogP contribution in [0.3, 0.4) is 0 Å². The summed E-state index contributed by atoms with van der Waals surface area (Å²) in [6.45, 7) is 3.91. The van der Waals surface area contributed by atoms with E-state index in [0.29, 0.717) is 11.4 Å². The Labute approximate surface area is 122 Å². The van der Waals surface area contributed by atoms with Crippen LogP contribution >= 0.6 is 0 Å². The highest BCUT2D eigenvalue weighted by atomic mass is 32.2. The number of nitrogens with two attached hydrogens (primary N) is 1. The number of rotatable bonds is 4. The van der Waals surface area contributed by atoms with E-state index in [1.54, 1.807) is 7.11 Å². The van der Waals surface area contributed by atoms with Gasteiger partial charge in [-0.25, -0.2) is 0 Å². The van der Waals surface area contributed by atoms with Gasteiger partial charge >= 0.3 is 0 Å². The normalized spacial score (nSPS) is 12.2. The van der Waals surface area contributed by atoms with Crippen LogP contribution in [-0.4, -0.2) is 11.3 Å². The van der Waals surface area contributed by atoms with Gasteiger partial charge in [-0.1, -0.05) is 23.8 Å². The van der Waals surface area contributed by atoms with Crippen LogP contribution in [0, 0.1) is 13.8 Å². The van der Waals surface area contributed by atoms with E-state index in [4.69, 9.17) is 10.5 Å². The highest BCUT2D eigenvalue weighted by Gasteiger charge is 2.12. The molecule has 20 heavy (non-hydrogen) atoms. The fourth-order valence-corrected chi connectivity index (χ4v) is 3.47. The minimum absolute atomic E-state index is 0.426. The molecule has 0 spiro atoms. The van der Waals surface area contributed by atoms with E-state index >= 15 is 0 Å². The van der Waals surface area contributed by atoms with Gasteiger partial charge in [0, 0.05) is 16.1 Å². The third-order valence-corrected chi connectivity index (χ3v) is 4.80. The molecule has 0 aliphatic heterocycles. The summed E-state index contributed by atoms with van der Waals surface area (Å²) in [6, 6.07) is 11.4. The Balaban J connectivity index is 2.32. The lowest BCUT2D eigenvalue weighted by Crippen LogP contribution is -2.03. The maximum Gasteiger partial charge on any atom is 0.123 e. The highest BCUT2D eigenvalue weighted by Crippen LogP contribution is 2.25. The van der Waals surface area contributed by atoms with Crippen LogP contribution in [0.25, 0.3) is 0 Å². The second kappa shape index (κ2) is 6.09. The fraction of sp³-hybridized carbons (Fsp3) is 0.250. The first-order valence-corrected chi connectivity index (χ1v) is 7.72. The van der Waals surface area contributed by atoms with E-state index in [9.17, 15) is 4.21 Å². The van der Waals surface area contributed by atoms with Gasteiger partial charge in [0.1, 0.15) is 5.75 Å². The lowest BCUT2D eigenvalue weighted by molar-refractivity contribution is 0.411. The third-order valence-electron chi connectivity index (χ3n) is 3.29. The zero-order chi connectivity index (χ0) is 14.7. The van der Waals surface area contributed by atoms with E-state index in [-0.39, 0.29) is 0 Å². The highest BCUT2D eigenvalue weighted by molar-refractivity contribution is 7.84. The molecule has 2 aromatic carbocycles. The van der Waals surface area contributed by atoms with Crippen molar-refractivity contribution in [3.05, 3.63) is 53.1 Å². The molecule has 0 amide bonds. The summed E-state index contributed by atoms with van der Waals surface area (Å²) >= 11 is 0. The average Bonchev–Trinajstić information content (AvgIpc) is 2.42. The van der Waals surface area contributed by atoms with Crippen molar-refractivity contribution >= 4 is 16.5 Å². The average molecular weight is 289 g/mol. The Kier molecular flexibility index (Phi) is 4.45. The van der Waals surface area contributed by atoms with Crippen LogP contribution in [0.1, 0.15) is 16.7 Å². The molecule has 4 heteroatoms. The Bertz CT molecular complexity index is 653. The molecule has 1 atom stereocenters. The van der Waals surface area contributed by atoms with Crippen molar-refractivity contribution in [1.29, 1.82) is 0 Å². The van der Waals surface area contributed by atoms with Crippen LogP contribution in [0.15, 0.2) is 41.3 Å². The number of benzene rings is 2. The summed E-state index contributed by atoms with van der Waals surface area (Å²) in [5.74, 6) is 1.19. The SMILES string of the molecule is COc1ccc(C)cc1CS(=O)c1cccc(N)c1C. The van der Waals surface area contributed by atoms with Gasteiger partial charge in [0.15, 0.2) is 0 Å². The molecule has 0 fully saturated rings. The van der Waals surface area contributed by atoms with Gasteiger partial charge in [-0.2, -0.15) is 0 Å². The van der Waals surface area contributed by atoms with E-state index in [1.165, 1.54) is 0 Å². The van der Waals surface area contributed by atoms with Crippen molar-refractivity contribution in [3.8, 4) is 5.75 Å². The summed E-state index contributed by atoms with van der Waals surface area (Å²) in [6.07, 6.45) is 0. The summed E-state index contributed by atoms with van der Waals surface area (Å²) in [5.41, 5.74) is 9.51. The van der Waals surface area contributed by atoms with Gasteiger partial charge in [-0.3, -0.25) is 4.21 Å². The standard InChI is InChI=1S/C16H19NO2S/c1-11-7-8-15(19-3)13(9-11)10-20(18)16-6-4-5-14(17)12(16)2/h4-9H,10,17H2,1-3H3. The molecule has 1 unspecified atom stereocenters. The van der Waals surface area contributed by atoms with E-state index in [1.807, 2.05) is 50.2 Å². The lowest BCUT2D eigenvalue weighted by atomic mass is 10.1. The molecule has 2 N–H and O–H groups in total. The molecule has 0 bridgehead atoms.